The minimum atomic E-state index is -0.162. The molecule has 1 saturated carbocycles. The van der Waals surface area contributed by atoms with Gasteiger partial charge in [-0.3, -0.25) is 0 Å². The second-order valence-electron chi connectivity index (χ2n) is 7.76. The summed E-state index contributed by atoms with van der Waals surface area (Å²) >= 11 is 6.01. The summed E-state index contributed by atoms with van der Waals surface area (Å²) in [6, 6.07) is 4.82. The van der Waals surface area contributed by atoms with Crippen LogP contribution in [-0.4, -0.2) is 6.54 Å². The van der Waals surface area contributed by atoms with Crippen molar-refractivity contribution >= 4 is 11.6 Å². The molecule has 3 heteroatoms. The van der Waals surface area contributed by atoms with Gasteiger partial charge in [-0.15, -0.1) is 0 Å². The van der Waals surface area contributed by atoms with Crippen LogP contribution in [0.1, 0.15) is 52.0 Å². The van der Waals surface area contributed by atoms with Crippen molar-refractivity contribution in [2.75, 3.05) is 6.54 Å². The van der Waals surface area contributed by atoms with Gasteiger partial charge in [0.15, 0.2) is 0 Å². The zero-order valence-electron chi connectivity index (χ0n) is 13.4. The summed E-state index contributed by atoms with van der Waals surface area (Å²) < 4.78 is 14.0. The molecular formula is C18H27ClFN. The van der Waals surface area contributed by atoms with Gasteiger partial charge in [0.25, 0.3) is 0 Å². The lowest BCUT2D eigenvalue weighted by Gasteiger charge is -2.44. The molecule has 0 radical (unpaired) electrons. The molecule has 0 heterocycles. The molecule has 0 aliphatic heterocycles. The first-order valence-corrected chi connectivity index (χ1v) is 8.28. The van der Waals surface area contributed by atoms with Crippen molar-refractivity contribution in [1.82, 2.24) is 0 Å². The smallest absolute Gasteiger partial charge is 0.126 e. The third-order valence-electron chi connectivity index (χ3n) is 5.28. The second kappa shape index (κ2) is 6.26. The second-order valence-corrected chi connectivity index (χ2v) is 8.19. The Bertz CT molecular complexity index is 484. The fourth-order valence-electron chi connectivity index (χ4n) is 3.63. The van der Waals surface area contributed by atoms with Gasteiger partial charge >= 0.3 is 0 Å². The third-order valence-corrected chi connectivity index (χ3v) is 5.51. The monoisotopic (exact) mass is 311 g/mol. The van der Waals surface area contributed by atoms with Gasteiger partial charge in [0, 0.05) is 5.02 Å². The fourth-order valence-corrected chi connectivity index (χ4v) is 3.83. The molecule has 1 nitrogen and oxygen atoms in total. The number of halogens is 2. The van der Waals surface area contributed by atoms with E-state index in [0.29, 0.717) is 29.0 Å². The quantitative estimate of drug-likeness (QED) is 0.815. The van der Waals surface area contributed by atoms with Crippen LogP contribution in [0.25, 0.3) is 0 Å². The van der Waals surface area contributed by atoms with Gasteiger partial charge in [0.05, 0.1) is 0 Å². The van der Waals surface area contributed by atoms with E-state index in [9.17, 15) is 4.39 Å². The van der Waals surface area contributed by atoms with Crippen molar-refractivity contribution in [3.8, 4) is 0 Å². The van der Waals surface area contributed by atoms with Gasteiger partial charge in [-0.25, -0.2) is 4.39 Å². The lowest BCUT2D eigenvalue weighted by atomic mass is 9.62. The minimum absolute atomic E-state index is 0.0350. The van der Waals surface area contributed by atoms with Crippen molar-refractivity contribution in [2.45, 2.75) is 52.9 Å². The van der Waals surface area contributed by atoms with E-state index >= 15 is 0 Å². The van der Waals surface area contributed by atoms with Crippen LogP contribution >= 0.6 is 11.6 Å². The molecule has 1 fully saturated rings. The Morgan fingerprint density at radius 2 is 1.90 bits per heavy atom. The van der Waals surface area contributed by atoms with Gasteiger partial charge < -0.3 is 5.73 Å². The molecule has 21 heavy (non-hydrogen) atoms. The molecule has 1 aliphatic carbocycles. The zero-order valence-corrected chi connectivity index (χ0v) is 14.1. The Morgan fingerprint density at radius 3 is 2.43 bits per heavy atom. The Balaban J connectivity index is 2.12. The lowest BCUT2D eigenvalue weighted by molar-refractivity contribution is 0.0920. The van der Waals surface area contributed by atoms with Gasteiger partial charge in [0.2, 0.25) is 0 Å². The Kier molecular flexibility index (Phi) is 4.99. The van der Waals surface area contributed by atoms with Crippen molar-refractivity contribution in [1.29, 1.82) is 0 Å². The highest BCUT2D eigenvalue weighted by atomic mass is 35.5. The van der Waals surface area contributed by atoms with E-state index in [0.717, 1.165) is 18.8 Å². The summed E-state index contributed by atoms with van der Waals surface area (Å²) in [5, 5.41) is 0.599. The molecule has 0 aromatic heterocycles. The van der Waals surface area contributed by atoms with Gasteiger partial charge in [-0.1, -0.05) is 32.4 Å². The van der Waals surface area contributed by atoms with Crippen LogP contribution < -0.4 is 5.73 Å². The summed E-state index contributed by atoms with van der Waals surface area (Å²) in [5.41, 5.74) is 7.17. The Hall–Kier alpha value is -0.600. The highest BCUT2D eigenvalue weighted by molar-refractivity contribution is 6.30. The average molecular weight is 312 g/mol. The van der Waals surface area contributed by atoms with Crippen LogP contribution in [0.4, 0.5) is 4.39 Å². The van der Waals surface area contributed by atoms with Crippen molar-refractivity contribution in [3.63, 3.8) is 0 Å². The normalized spacial score (nSPS) is 26.9. The summed E-state index contributed by atoms with van der Waals surface area (Å²) in [7, 11) is 0. The summed E-state index contributed by atoms with van der Waals surface area (Å²) in [6.07, 6.45) is 5.23. The van der Waals surface area contributed by atoms with E-state index in [1.54, 1.807) is 12.1 Å². The van der Waals surface area contributed by atoms with E-state index < -0.39 is 0 Å². The van der Waals surface area contributed by atoms with Crippen LogP contribution in [0.3, 0.4) is 0 Å². The fraction of sp³-hybridized carbons (Fsp3) is 0.667. The predicted molar refractivity (Wildman–Crippen MR) is 88.0 cm³/mol. The first kappa shape index (κ1) is 16.8. The van der Waals surface area contributed by atoms with Gasteiger partial charge in [0.1, 0.15) is 5.82 Å². The molecule has 2 N–H and O–H groups in total. The van der Waals surface area contributed by atoms with Gasteiger partial charge in [-0.2, -0.15) is 0 Å². The average Bonchev–Trinajstić information content (AvgIpc) is 2.42. The highest BCUT2D eigenvalue weighted by Gasteiger charge is 2.38. The van der Waals surface area contributed by atoms with Crippen molar-refractivity contribution in [2.24, 2.45) is 22.5 Å². The lowest BCUT2D eigenvalue weighted by Crippen LogP contribution is -2.39. The molecule has 0 saturated heterocycles. The van der Waals surface area contributed by atoms with Crippen LogP contribution in [0.2, 0.25) is 5.02 Å². The molecule has 0 bridgehead atoms. The van der Waals surface area contributed by atoms with Crippen molar-refractivity contribution in [3.05, 3.63) is 34.6 Å². The van der Waals surface area contributed by atoms with Crippen LogP contribution in [-0.2, 0) is 6.42 Å². The van der Waals surface area contributed by atoms with Crippen LogP contribution in [0, 0.1) is 22.6 Å². The first-order chi connectivity index (χ1) is 9.76. The summed E-state index contributed by atoms with van der Waals surface area (Å²) in [6.45, 7) is 7.55. The molecular weight excluding hydrogens is 285 g/mol. The highest BCUT2D eigenvalue weighted by Crippen LogP contribution is 2.46. The summed E-state index contributed by atoms with van der Waals surface area (Å²) in [4.78, 5) is 0. The molecule has 1 aromatic rings. The van der Waals surface area contributed by atoms with E-state index in [1.165, 1.54) is 18.9 Å². The SMILES string of the molecule is CC(C)(C)C1CCC(CN)(Cc2cc(Cl)ccc2F)CC1. The molecule has 0 unspecified atom stereocenters. The minimum Gasteiger partial charge on any atom is -0.330 e. The van der Waals surface area contributed by atoms with Crippen LogP contribution in [0.5, 0.6) is 0 Å². The molecule has 118 valence electrons. The van der Waals surface area contributed by atoms with E-state index in [1.807, 2.05) is 0 Å². The van der Waals surface area contributed by atoms with Crippen LogP contribution in [0.15, 0.2) is 18.2 Å². The number of nitrogens with two attached hydrogens (primary N) is 1. The molecule has 2 rings (SSSR count). The van der Waals surface area contributed by atoms with E-state index in [4.69, 9.17) is 17.3 Å². The Labute approximate surface area is 133 Å². The number of hydrogen-bond acceptors (Lipinski definition) is 1. The largest absolute Gasteiger partial charge is 0.330 e. The van der Waals surface area contributed by atoms with E-state index in [2.05, 4.69) is 20.8 Å². The standard InChI is InChI=1S/C18H27ClFN/c1-17(2,3)14-6-8-18(12-21,9-7-14)11-13-10-15(19)4-5-16(13)20/h4-5,10,14H,6-9,11-12,21H2,1-3H3. The Morgan fingerprint density at radius 1 is 1.29 bits per heavy atom. The number of hydrogen-bond donors (Lipinski definition) is 1. The molecule has 0 atom stereocenters. The maximum Gasteiger partial charge on any atom is 0.126 e. The third kappa shape index (κ3) is 3.98. The number of benzene rings is 1. The molecule has 1 aliphatic rings. The zero-order chi connectivity index (χ0) is 15.7. The molecule has 0 spiro atoms. The predicted octanol–water partition coefficient (Wildman–Crippen LogP) is 5.20. The maximum atomic E-state index is 14.0. The maximum absolute atomic E-state index is 14.0. The van der Waals surface area contributed by atoms with Crippen molar-refractivity contribution < 1.29 is 4.39 Å². The topological polar surface area (TPSA) is 26.0 Å². The summed E-state index contributed by atoms with van der Waals surface area (Å²) in [5.74, 6) is 0.576. The molecule has 1 aromatic carbocycles. The van der Waals surface area contributed by atoms with E-state index in [-0.39, 0.29) is 11.2 Å². The van der Waals surface area contributed by atoms with Gasteiger partial charge in [-0.05, 0) is 79.2 Å². The first-order valence-electron chi connectivity index (χ1n) is 7.90. The number of rotatable bonds is 3. The molecule has 0 amide bonds.